The molecule has 1 N–H and O–H groups in total. The Bertz CT molecular complexity index is 605. The van der Waals surface area contributed by atoms with E-state index in [2.05, 4.69) is 26.8 Å². The fraction of sp³-hybridized carbons (Fsp3) is 0.429. The lowest BCUT2D eigenvalue weighted by Gasteiger charge is -2.25. The third-order valence-corrected chi connectivity index (χ3v) is 4.42. The quantitative estimate of drug-likeness (QED) is 0.932. The predicted octanol–water partition coefficient (Wildman–Crippen LogP) is 1.72. The molecule has 6 heteroatoms. The van der Waals surface area contributed by atoms with Gasteiger partial charge in [0.1, 0.15) is 11.5 Å². The van der Waals surface area contributed by atoms with Crippen molar-refractivity contribution >= 4 is 17.2 Å². The van der Waals surface area contributed by atoms with Gasteiger partial charge in [-0.2, -0.15) is 0 Å². The second kappa shape index (κ2) is 5.76. The molecular weight excluding hydrogens is 274 g/mol. The summed E-state index contributed by atoms with van der Waals surface area (Å²) in [6.45, 7) is 4.52. The number of carbonyl (C=O) groups is 1. The first-order valence-corrected chi connectivity index (χ1v) is 7.55. The van der Waals surface area contributed by atoms with Gasteiger partial charge in [0.25, 0.3) is 0 Å². The van der Waals surface area contributed by atoms with Crippen LogP contribution < -0.4 is 5.32 Å². The molecule has 1 aliphatic rings. The van der Waals surface area contributed by atoms with Gasteiger partial charge in [-0.3, -0.25) is 9.69 Å². The fourth-order valence-corrected chi connectivity index (χ4v) is 3.28. The molecule has 0 saturated heterocycles. The summed E-state index contributed by atoms with van der Waals surface area (Å²) in [5.41, 5.74) is 2.12. The van der Waals surface area contributed by atoms with Gasteiger partial charge in [-0.05, 0) is 30.4 Å². The molecule has 3 rings (SSSR count). The van der Waals surface area contributed by atoms with E-state index in [0.29, 0.717) is 13.1 Å². The van der Waals surface area contributed by atoms with Crippen LogP contribution in [0.25, 0.3) is 0 Å². The van der Waals surface area contributed by atoms with Crippen molar-refractivity contribution in [3.63, 3.8) is 0 Å². The molecule has 3 heterocycles. The van der Waals surface area contributed by atoms with Gasteiger partial charge in [0.15, 0.2) is 0 Å². The highest BCUT2D eigenvalue weighted by Gasteiger charge is 2.19. The van der Waals surface area contributed by atoms with Crippen LogP contribution in [0.1, 0.15) is 21.9 Å². The normalized spacial score (nSPS) is 15.1. The van der Waals surface area contributed by atoms with E-state index in [1.807, 2.05) is 24.3 Å². The molecule has 0 aliphatic carbocycles. The molecule has 20 heavy (non-hydrogen) atoms. The summed E-state index contributed by atoms with van der Waals surface area (Å²) in [6, 6.07) is 3.99. The van der Waals surface area contributed by atoms with E-state index < -0.39 is 0 Å². The number of aromatic nitrogens is 1. The van der Waals surface area contributed by atoms with Crippen LogP contribution in [-0.4, -0.2) is 29.1 Å². The average Bonchev–Trinajstić information content (AvgIpc) is 3.04. The molecule has 2 aromatic rings. The highest BCUT2D eigenvalue weighted by molar-refractivity contribution is 7.10. The molecule has 1 aliphatic heterocycles. The van der Waals surface area contributed by atoms with E-state index in [0.717, 1.165) is 31.0 Å². The van der Waals surface area contributed by atoms with Crippen molar-refractivity contribution in [3.05, 3.63) is 39.4 Å². The number of aryl methyl sites for hydroxylation is 1. The first-order chi connectivity index (χ1) is 9.70. The molecule has 0 aromatic carbocycles. The smallest absolute Gasteiger partial charge is 0.234 e. The third-order valence-electron chi connectivity index (χ3n) is 3.40. The van der Waals surface area contributed by atoms with E-state index >= 15 is 0 Å². The van der Waals surface area contributed by atoms with Crippen LogP contribution in [0.15, 0.2) is 22.0 Å². The first-order valence-electron chi connectivity index (χ1n) is 6.67. The van der Waals surface area contributed by atoms with Gasteiger partial charge >= 0.3 is 0 Å². The van der Waals surface area contributed by atoms with Crippen molar-refractivity contribution in [1.29, 1.82) is 0 Å². The summed E-state index contributed by atoms with van der Waals surface area (Å²) < 4.78 is 4.97. The van der Waals surface area contributed by atoms with Gasteiger partial charge in [-0.1, -0.05) is 5.16 Å². The lowest BCUT2D eigenvalue weighted by Crippen LogP contribution is -2.39. The van der Waals surface area contributed by atoms with Crippen LogP contribution in [0.4, 0.5) is 0 Å². The number of hydrogen-bond acceptors (Lipinski definition) is 5. The minimum Gasteiger partial charge on any atom is -0.361 e. The summed E-state index contributed by atoms with van der Waals surface area (Å²) >= 11 is 1.81. The Kier molecular flexibility index (Phi) is 3.84. The Hall–Kier alpha value is -1.66. The SMILES string of the molecule is Cc1cc(CNC(=O)CN2CCc3sccc3C2)no1. The monoisotopic (exact) mass is 291 g/mol. The topological polar surface area (TPSA) is 58.4 Å². The minimum atomic E-state index is 0.0318. The van der Waals surface area contributed by atoms with Crippen molar-refractivity contribution < 1.29 is 9.32 Å². The maximum absolute atomic E-state index is 11.9. The van der Waals surface area contributed by atoms with Gasteiger partial charge in [0, 0.05) is 24.0 Å². The molecule has 5 nitrogen and oxygen atoms in total. The van der Waals surface area contributed by atoms with Crippen molar-refractivity contribution in [1.82, 2.24) is 15.4 Å². The summed E-state index contributed by atoms with van der Waals surface area (Å²) in [7, 11) is 0. The van der Waals surface area contributed by atoms with Crippen molar-refractivity contribution in [2.45, 2.75) is 26.4 Å². The Morgan fingerprint density at radius 3 is 3.30 bits per heavy atom. The molecule has 2 aromatic heterocycles. The number of nitrogens with one attached hydrogen (secondary N) is 1. The maximum Gasteiger partial charge on any atom is 0.234 e. The molecule has 0 saturated carbocycles. The number of carbonyl (C=O) groups excluding carboxylic acids is 1. The van der Waals surface area contributed by atoms with Gasteiger partial charge in [-0.25, -0.2) is 0 Å². The van der Waals surface area contributed by atoms with Gasteiger partial charge in [0.2, 0.25) is 5.91 Å². The average molecular weight is 291 g/mol. The highest BCUT2D eigenvalue weighted by atomic mass is 32.1. The van der Waals surface area contributed by atoms with Crippen molar-refractivity contribution in [2.24, 2.45) is 0 Å². The number of rotatable bonds is 4. The van der Waals surface area contributed by atoms with E-state index in [4.69, 9.17) is 4.52 Å². The van der Waals surface area contributed by atoms with Crippen LogP contribution in [0.2, 0.25) is 0 Å². The Morgan fingerprint density at radius 1 is 1.60 bits per heavy atom. The largest absolute Gasteiger partial charge is 0.361 e. The second-order valence-corrected chi connectivity index (χ2v) is 6.04. The molecule has 0 atom stereocenters. The Morgan fingerprint density at radius 2 is 2.50 bits per heavy atom. The maximum atomic E-state index is 11.9. The zero-order chi connectivity index (χ0) is 13.9. The number of fused-ring (bicyclic) bond motifs is 1. The Balaban J connectivity index is 1.47. The standard InChI is InChI=1S/C14H17N3O2S/c1-10-6-12(16-19-10)7-15-14(18)9-17-4-2-13-11(8-17)3-5-20-13/h3,5-6H,2,4,7-9H2,1H3,(H,15,18). The molecule has 0 radical (unpaired) electrons. The predicted molar refractivity (Wildman–Crippen MR) is 76.4 cm³/mol. The van der Waals surface area contributed by atoms with Crippen LogP contribution >= 0.6 is 11.3 Å². The van der Waals surface area contributed by atoms with Crippen molar-refractivity contribution in [2.75, 3.05) is 13.1 Å². The molecule has 0 unspecified atom stereocenters. The van der Waals surface area contributed by atoms with Gasteiger partial charge < -0.3 is 9.84 Å². The van der Waals surface area contributed by atoms with E-state index in [9.17, 15) is 4.79 Å². The van der Waals surface area contributed by atoms with Crippen LogP contribution in [0.5, 0.6) is 0 Å². The van der Waals surface area contributed by atoms with Crippen LogP contribution in [0, 0.1) is 6.92 Å². The number of thiophene rings is 1. The van der Waals surface area contributed by atoms with Crippen LogP contribution in [-0.2, 0) is 24.3 Å². The van der Waals surface area contributed by atoms with Crippen LogP contribution in [0.3, 0.4) is 0 Å². The number of amides is 1. The lowest BCUT2D eigenvalue weighted by molar-refractivity contribution is -0.122. The molecule has 106 valence electrons. The second-order valence-electron chi connectivity index (χ2n) is 5.04. The van der Waals surface area contributed by atoms with Crippen molar-refractivity contribution in [3.8, 4) is 0 Å². The molecule has 0 bridgehead atoms. The summed E-state index contributed by atoms with van der Waals surface area (Å²) in [4.78, 5) is 15.6. The minimum absolute atomic E-state index is 0.0318. The molecular formula is C14H17N3O2S. The van der Waals surface area contributed by atoms with E-state index in [1.54, 1.807) is 0 Å². The van der Waals surface area contributed by atoms with Gasteiger partial charge in [-0.15, -0.1) is 11.3 Å². The highest BCUT2D eigenvalue weighted by Crippen LogP contribution is 2.23. The Labute approximate surface area is 121 Å². The van der Waals surface area contributed by atoms with E-state index in [1.165, 1.54) is 10.4 Å². The summed E-state index contributed by atoms with van der Waals surface area (Å²) in [5.74, 6) is 0.791. The number of nitrogens with zero attached hydrogens (tertiary/aromatic N) is 2. The van der Waals surface area contributed by atoms with Gasteiger partial charge in [0.05, 0.1) is 13.1 Å². The number of hydrogen-bond donors (Lipinski definition) is 1. The zero-order valence-electron chi connectivity index (χ0n) is 11.4. The zero-order valence-corrected chi connectivity index (χ0v) is 12.2. The fourth-order valence-electron chi connectivity index (χ4n) is 2.39. The first kappa shape index (κ1) is 13.3. The molecule has 0 spiro atoms. The summed E-state index contributed by atoms with van der Waals surface area (Å²) in [6.07, 6.45) is 1.04. The third kappa shape index (κ3) is 3.08. The summed E-state index contributed by atoms with van der Waals surface area (Å²) in [5, 5.41) is 8.86. The lowest BCUT2D eigenvalue weighted by atomic mass is 10.1. The molecule has 0 fully saturated rings. The van der Waals surface area contributed by atoms with E-state index in [-0.39, 0.29) is 5.91 Å². The molecule has 1 amide bonds.